The van der Waals surface area contributed by atoms with Crippen molar-refractivity contribution in [2.24, 2.45) is 0 Å². The molecular formula is C36H41N3O7S. The lowest BCUT2D eigenvalue weighted by Crippen LogP contribution is -2.53. The molecule has 0 aliphatic carbocycles. The van der Waals surface area contributed by atoms with E-state index in [0.29, 0.717) is 18.1 Å². The fraction of sp³-hybridized carbons (Fsp3) is 0.278. The van der Waals surface area contributed by atoms with Crippen molar-refractivity contribution in [2.75, 3.05) is 38.7 Å². The van der Waals surface area contributed by atoms with Crippen LogP contribution >= 0.6 is 0 Å². The van der Waals surface area contributed by atoms with E-state index < -0.39 is 28.5 Å². The Morgan fingerprint density at radius 2 is 1.49 bits per heavy atom. The molecule has 1 atom stereocenters. The summed E-state index contributed by atoms with van der Waals surface area (Å²) in [5, 5.41) is 2.69. The average Bonchev–Trinajstić information content (AvgIpc) is 3.09. The van der Waals surface area contributed by atoms with Gasteiger partial charge in [0.05, 0.1) is 31.4 Å². The number of benzene rings is 4. The summed E-state index contributed by atoms with van der Waals surface area (Å²) in [7, 11) is 0.0406. The Hall–Kier alpha value is -5.03. The molecule has 0 saturated heterocycles. The number of hydrogen-bond donors (Lipinski definition) is 1. The molecule has 4 aromatic rings. The number of aryl methyl sites for hydroxylation is 1. The summed E-state index contributed by atoms with van der Waals surface area (Å²) in [5.74, 6) is 0.191. The molecule has 10 nitrogen and oxygen atoms in total. The van der Waals surface area contributed by atoms with E-state index in [0.717, 1.165) is 21.0 Å². The van der Waals surface area contributed by atoms with Crippen LogP contribution in [0.5, 0.6) is 17.2 Å². The highest BCUT2D eigenvalue weighted by atomic mass is 32.2. The Labute approximate surface area is 276 Å². The summed E-state index contributed by atoms with van der Waals surface area (Å²) in [4.78, 5) is 29.3. The number of anilines is 1. The van der Waals surface area contributed by atoms with Gasteiger partial charge in [0.1, 0.15) is 18.3 Å². The van der Waals surface area contributed by atoms with E-state index >= 15 is 0 Å². The molecule has 0 aromatic heterocycles. The van der Waals surface area contributed by atoms with Gasteiger partial charge >= 0.3 is 0 Å². The molecule has 248 valence electrons. The second-order valence-corrected chi connectivity index (χ2v) is 12.6. The second kappa shape index (κ2) is 16.0. The minimum atomic E-state index is -4.35. The summed E-state index contributed by atoms with van der Waals surface area (Å²) in [5.41, 5.74) is 2.93. The Morgan fingerprint density at radius 3 is 2.09 bits per heavy atom. The molecule has 0 radical (unpaired) electrons. The van der Waals surface area contributed by atoms with Crippen LogP contribution in [0.1, 0.15) is 23.6 Å². The molecule has 47 heavy (non-hydrogen) atoms. The van der Waals surface area contributed by atoms with Crippen molar-refractivity contribution in [1.29, 1.82) is 0 Å². The molecule has 0 spiro atoms. The Morgan fingerprint density at radius 1 is 0.830 bits per heavy atom. The van der Waals surface area contributed by atoms with Crippen LogP contribution in [0, 0.1) is 6.92 Å². The van der Waals surface area contributed by atoms with Crippen LogP contribution in [-0.2, 0) is 32.6 Å². The second-order valence-electron chi connectivity index (χ2n) is 10.8. The van der Waals surface area contributed by atoms with Gasteiger partial charge in [-0.3, -0.25) is 13.9 Å². The standard InChI is InChI=1S/C36H41N3O7S/c1-6-46-30-18-16-29(17-19-30)39(47(42,43)31-20-21-33(44-4)34(23-31)45-5)25-35(40)38(24-28-14-12-26(2)13-15-28)32(36(41)37-3)22-27-10-8-7-9-11-27/h7-21,23,32H,6,22,24-25H2,1-5H3,(H,37,41)/t32-/m0/s1. The first-order valence-corrected chi connectivity index (χ1v) is 16.6. The minimum Gasteiger partial charge on any atom is -0.494 e. The maximum Gasteiger partial charge on any atom is 0.264 e. The lowest BCUT2D eigenvalue weighted by Gasteiger charge is -2.33. The van der Waals surface area contributed by atoms with E-state index in [9.17, 15) is 18.0 Å². The van der Waals surface area contributed by atoms with Gasteiger partial charge in [0, 0.05) is 26.1 Å². The third-order valence-electron chi connectivity index (χ3n) is 7.65. The number of nitrogens with one attached hydrogen (secondary N) is 1. The highest BCUT2D eigenvalue weighted by Crippen LogP contribution is 2.33. The molecule has 11 heteroatoms. The van der Waals surface area contributed by atoms with Gasteiger partial charge in [-0.1, -0.05) is 60.2 Å². The van der Waals surface area contributed by atoms with E-state index in [1.807, 2.05) is 68.4 Å². The predicted molar refractivity (Wildman–Crippen MR) is 181 cm³/mol. The van der Waals surface area contributed by atoms with Crippen LogP contribution in [0.15, 0.2) is 102 Å². The molecule has 0 fully saturated rings. The Kier molecular flexibility index (Phi) is 11.9. The third kappa shape index (κ3) is 8.62. The van der Waals surface area contributed by atoms with Crippen LogP contribution in [0.4, 0.5) is 5.69 Å². The molecule has 0 saturated carbocycles. The number of nitrogens with zero attached hydrogens (tertiary/aromatic N) is 2. The zero-order valence-electron chi connectivity index (χ0n) is 27.3. The van der Waals surface area contributed by atoms with Crippen LogP contribution < -0.4 is 23.8 Å². The first kappa shape index (κ1) is 34.8. The predicted octanol–water partition coefficient (Wildman–Crippen LogP) is 4.99. The number of ether oxygens (including phenoxy) is 3. The summed E-state index contributed by atoms with van der Waals surface area (Å²) in [6.45, 7) is 3.74. The lowest BCUT2D eigenvalue weighted by molar-refractivity contribution is -0.139. The molecular weight excluding hydrogens is 618 g/mol. The quantitative estimate of drug-likeness (QED) is 0.191. The summed E-state index contributed by atoms with van der Waals surface area (Å²) in [6, 6.07) is 26.8. The zero-order chi connectivity index (χ0) is 34.0. The van der Waals surface area contributed by atoms with Gasteiger partial charge in [0.15, 0.2) is 11.5 Å². The first-order valence-electron chi connectivity index (χ1n) is 15.2. The maximum atomic E-state index is 14.5. The Balaban J connectivity index is 1.81. The van der Waals surface area contributed by atoms with Crippen LogP contribution in [0.2, 0.25) is 0 Å². The SMILES string of the molecule is CCOc1ccc(N(CC(=O)N(Cc2ccc(C)cc2)[C@@H](Cc2ccccc2)C(=O)NC)S(=O)(=O)c2ccc(OC)c(OC)c2)cc1. The highest BCUT2D eigenvalue weighted by molar-refractivity contribution is 7.92. The van der Waals surface area contributed by atoms with Crippen molar-refractivity contribution >= 4 is 27.5 Å². The normalized spacial score (nSPS) is 11.7. The topological polar surface area (TPSA) is 114 Å². The van der Waals surface area contributed by atoms with Crippen molar-refractivity contribution in [3.8, 4) is 17.2 Å². The van der Waals surface area contributed by atoms with Crippen molar-refractivity contribution in [2.45, 2.75) is 37.8 Å². The molecule has 4 aromatic carbocycles. The van der Waals surface area contributed by atoms with Crippen LogP contribution in [0.25, 0.3) is 0 Å². The van der Waals surface area contributed by atoms with E-state index in [-0.39, 0.29) is 35.2 Å². The van der Waals surface area contributed by atoms with Crippen molar-refractivity contribution in [3.05, 3.63) is 114 Å². The smallest absolute Gasteiger partial charge is 0.264 e. The molecule has 1 N–H and O–H groups in total. The van der Waals surface area contributed by atoms with Crippen LogP contribution in [-0.4, -0.2) is 65.6 Å². The maximum absolute atomic E-state index is 14.5. The number of hydrogen-bond acceptors (Lipinski definition) is 7. The number of sulfonamides is 1. The highest BCUT2D eigenvalue weighted by Gasteiger charge is 2.34. The van der Waals surface area contributed by atoms with Crippen molar-refractivity contribution in [3.63, 3.8) is 0 Å². The average molecular weight is 660 g/mol. The van der Waals surface area contributed by atoms with Gasteiger partial charge in [-0.2, -0.15) is 0 Å². The van der Waals surface area contributed by atoms with Gasteiger partial charge in [-0.15, -0.1) is 0 Å². The number of likely N-dealkylation sites (N-methyl/N-ethyl adjacent to an activating group) is 1. The fourth-order valence-electron chi connectivity index (χ4n) is 5.12. The summed E-state index contributed by atoms with van der Waals surface area (Å²) in [6.07, 6.45) is 0.226. The number of methoxy groups -OCH3 is 2. The molecule has 0 aliphatic rings. The monoisotopic (exact) mass is 659 g/mol. The fourth-order valence-corrected chi connectivity index (χ4v) is 6.55. The third-order valence-corrected chi connectivity index (χ3v) is 9.42. The largest absolute Gasteiger partial charge is 0.494 e. The first-order chi connectivity index (χ1) is 22.6. The van der Waals surface area contributed by atoms with Gasteiger partial charge in [0.2, 0.25) is 11.8 Å². The minimum absolute atomic E-state index is 0.0809. The lowest BCUT2D eigenvalue weighted by atomic mass is 10.0. The van der Waals surface area contributed by atoms with Crippen LogP contribution in [0.3, 0.4) is 0 Å². The number of carbonyl (C=O) groups is 2. The van der Waals surface area contributed by atoms with Crippen molar-refractivity contribution < 1.29 is 32.2 Å². The van der Waals surface area contributed by atoms with Gasteiger partial charge in [0.25, 0.3) is 10.0 Å². The van der Waals surface area contributed by atoms with E-state index in [2.05, 4.69) is 5.32 Å². The van der Waals surface area contributed by atoms with Gasteiger partial charge < -0.3 is 24.4 Å². The van der Waals surface area contributed by atoms with E-state index in [4.69, 9.17) is 14.2 Å². The Bertz CT molecular complexity index is 1750. The summed E-state index contributed by atoms with van der Waals surface area (Å²) < 4.78 is 46.0. The molecule has 2 amide bonds. The molecule has 0 heterocycles. The molecule has 0 aliphatic heterocycles. The number of rotatable bonds is 15. The van der Waals surface area contributed by atoms with E-state index in [1.165, 1.54) is 44.4 Å². The zero-order valence-corrected chi connectivity index (χ0v) is 28.1. The van der Waals surface area contributed by atoms with Gasteiger partial charge in [-0.05, 0) is 61.4 Å². The van der Waals surface area contributed by atoms with Crippen molar-refractivity contribution in [1.82, 2.24) is 10.2 Å². The summed E-state index contributed by atoms with van der Waals surface area (Å²) >= 11 is 0. The van der Waals surface area contributed by atoms with E-state index in [1.54, 1.807) is 24.3 Å². The number of carbonyl (C=O) groups excluding carboxylic acids is 2. The van der Waals surface area contributed by atoms with Gasteiger partial charge in [-0.25, -0.2) is 8.42 Å². The molecule has 0 unspecified atom stereocenters. The molecule has 4 rings (SSSR count). The number of amides is 2. The molecule has 0 bridgehead atoms.